The fourth-order valence-corrected chi connectivity index (χ4v) is 1.70. The van der Waals surface area contributed by atoms with Gasteiger partial charge in [-0.3, -0.25) is 14.5 Å². The maximum absolute atomic E-state index is 12.1. The molecule has 0 aliphatic heterocycles. The van der Waals surface area contributed by atoms with Crippen molar-refractivity contribution in [2.75, 3.05) is 26.7 Å². The Morgan fingerprint density at radius 1 is 1.21 bits per heavy atom. The van der Waals surface area contributed by atoms with Crippen LogP contribution in [0.25, 0.3) is 0 Å². The summed E-state index contributed by atoms with van der Waals surface area (Å²) >= 11 is 0. The third-order valence-corrected chi connectivity index (χ3v) is 3.27. The van der Waals surface area contributed by atoms with Gasteiger partial charge in [0.05, 0.1) is 12.5 Å². The van der Waals surface area contributed by atoms with Crippen LogP contribution in [-0.4, -0.2) is 59.5 Å². The molecule has 0 spiro atoms. The molecule has 1 unspecified atom stereocenters. The average molecular weight is 272 g/mol. The van der Waals surface area contributed by atoms with E-state index in [0.29, 0.717) is 6.54 Å². The molecule has 112 valence electrons. The molecule has 5 nitrogen and oxygen atoms in total. The summed E-state index contributed by atoms with van der Waals surface area (Å²) in [5.41, 5.74) is 0. The molecule has 0 saturated heterocycles. The molecule has 0 rings (SSSR count). The zero-order valence-electron chi connectivity index (χ0n) is 12.8. The van der Waals surface area contributed by atoms with E-state index in [1.807, 2.05) is 18.7 Å². The van der Waals surface area contributed by atoms with Gasteiger partial charge in [0.15, 0.2) is 0 Å². The van der Waals surface area contributed by atoms with E-state index in [1.165, 1.54) is 0 Å². The molecule has 0 aromatic rings. The number of carbonyl (C=O) groups is 2. The molecule has 0 aliphatic rings. The molecule has 0 heterocycles. The second kappa shape index (κ2) is 8.91. The normalized spacial score (nSPS) is 12.8. The van der Waals surface area contributed by atoms with Gasteiger partial charge in [-0.15, -0.1) is 0 Å². The van der Waals surface area contributed by atoms with E-state index < -0.39 is 11.9 Å². The Labute approximate surface area is 116 Å². The monoisotopic (exact) mass is 272 g/mol. The fourth-order valence-electron chi connectivity index (χ4n) is 1.70. The van der Waals surface area contributed by atoms with Gasteiger partial charge >= 0.3 is 5.97 Å². The Morgan fingerprint density at radius 2 is 1.79 bits per heavy atom. The van der Waals surface area contributed by atoms with E-state index in [2.05, 4.69) is 6.92 Å². The molecule has 0 saturated carbocycles. The SMILES string of the molecule is CCCCN(C)C(=O)CN(CC(C)C(=O)O)C(C)C. The molecule has 1 amide bonds. The Morgan fingerprint density at radius 3 is 2.21 bits per heavy atom. The molecular formula is C14H28N2O3. The van der Waals surface area contributed by atoms with E-state index >= 15 is 0 Å². The van der Waals surface area contributed by atoms with Gasteiger partial charge in [-0.05, 0) is 20.3 Å². The third-order valence-electron chi connectivity index (χ3n) is 3.27. The number of hydrogen-bond donors (Lipinski definition) is 1. The highest BCUT2D eigenvalue weighted by molar-refractivity contribution is 5.78. The second-order valence-corrected chi connectivity index (χ2v) is 5.43. The lowest BCUT2D eigenvalue weighted by atomic mass is 10.1. The summed E-state index contributed by atoms with van der Waals surface area (Å²) in [6, 6.07) is 0.158. The van der Waals surface area contributed by atoms with Crippen LogP contribution in [0, 0.1) is 5.92 Å². The van der Waals surface area contributed by atoms with Crippen molar-refractivity contribution in [3.63, 3.8) is 0 Å². The Hall–Kier alpha value is -1.10. The van der Waals surface area contributed by atoms with Crippen molar-refractivity contribution in [2.45, 2.75) is 46.6 Å². The summed E-state index contributed by atoms with van der Waals surface area (Å²) in [5, 5.41) is 8.95. The quantitative estimate of drug-likeness (QED) is 0.693. The Bertz CT molecular complexity index is 292. The van der Waals surface area contributed by atoms with E-state index in [1.54, 1.807) is 18.9 Å². The van der Waals surface area contributed by atoms with Crippen molar-refractivity contribution in [1.29, 1.82) is 0 Å². The first-order valence-electron chi connectivity index (χ1n) is 7.00. The first-order valence-corrected chi connectivity index (χ1v) is 7.00. The molecular weight excluding hydrogens is 244 g/mol. The van der Waals surface area contributed by atoms with Gasteiger partial charge in [0, 0.05) is 26.2 Å². The highest BCUT2D eigenvalue weighted by Gasteiger charge is 2.21. The lowest BCUT2D eigenvalue weighted by Crippen LogP contribution is -2.44. The molecule has 1 atom stereocenters. The first kappa shape index (κ1) is 17.9. The van der Waals surface area contributed by atoms with Crippen LogP contribution in [0.2, 0.25) is 0 Å². The van der Waals surface area contributed by atoms with Gasteiger partial charge in [0.1, 0.15) is 0 Å². The number of nitrogens with zero attached hydrogens (tertiary/aromatic N) is 2. The number of likely N-dealkylation sites (N-methyl/N-ethyl adjacent to an activating group) is 1. The van der Waals surface area contributed by atoms with Crippen LogP contribution < -0.4 is 0 Å². The molecule has 1 N–H and O–H groups in total. The minimum atomic E-state index is -0.822. The van der Waals surface area contributed by atoms with Crippen molar-refractivity contribution >= 4 is 11.9 Å². The molecule has 0 radical (unpaired) electrons. The highest BCUT2D eigenvalue weighted by Crippen LogP contribution is 2.06. The largest absolute Gasteiger partial charge is 0.481 e. The molecule has 5 heteroatoms. The van der Waals surface area contributed by atoms with Gasteiger partial charge < -0.3 is 10.0 Å². The van der Waals surface area contributed by atoms with Crippen LogP contribution in [0.5, 0.6) is 0 Å². The van der Waals surface area contributed by atoms with Crippen LogP contribution in [0.15, 0.2) is 0 Å². The number of carbonyl (C=O) groups excluding carboxylic acids is 1. The summed E-state index contributed by atoms with van der Waals surface area (Å²) in [6.45, 7) is 9.17. The topological polar surface area (TPSA) is 60.9 Å². The van der Waals surface area contributed by atoms with Crippen LogP contribution >= 0.6 is 0 Å². The van der Waals surface area contributed by atoms with Crippen molar-refractivity contribution in [2.24, 2.45) is 5.92 Å². The van der Waals surface area contributed by atoms with Crippen molar-refractivity contribution in [3.8, 4) is 0 Å². The lowest BCUT2D eigenvalue weighted by molar-refractivity contribution is -0.143. The van der Waals surface area contributed by atoms with E-state index in [0.717, 1.165) is 19.4 Å². The Balaban J connectivity index is 4.41. The number of rotatable bonds is 9. The summed E-state index contributed by atoms with van der Waals surface area (Å²) < 4.78 is 0. The number of aliphatic carboxylic acids is 1. The summed E-state index contributed by atoms with van der Waals surface area (Å²) in [6.07, 6.45) is 2.05. The van der Waals surface area contributed by atoms with Crippen LogP contribution in [0.4, 0.5) is 0 Å². The second-order valence-electron chi connectivity index (χ2n) is 5.43. The molecule has 0 bridgehead atoms. The number of hydrogen-bond acceptors (Lipinski definition) is 3. The minimum absolute atomic E-state index is 0.0553. The number of carboxylic acid groups (broad SMARTS) is 1. The molecule has 0 aromatic heterocycles. The van der Waals surface area contributed by atoms with Crippen molar-refractivity contribution in [1.82, 2.24) is 9.80 Å². The molecule has 0 aliphatic carbocycles. The standard InChI is InChI=1S/C14H28N2O3/c1-6-7-8-15(5)13(17)10-16(11(2)3)9-12(4)14(18)19/h11-12H,6-10H2,1-5H3,(H,18,19). The van der Waals surface area contributed by atoms with Crippen molar-refractivity contribution in [3.05, 3.63) is 0 Å². The number of amides is 1. The lowest BCUT2D eigenvalue weighted by Gasteiger charge is -2.29. The van der Waals surface area contributed by atoms with Gasteiger partial charge in [-0.2, -0.15) is 0 Å². The van der Waals surface area contributed by atoms with E-state index in [4.69, 9.17) is 5.11 Å². The van der Waals surface area contributed by atoms with Gasteiger partial charge in [0.25, 0.3) is 0 Å². The van der Waals surface area contributed by atoms with Gasteiger partial charge in [-0.1, -0.05) is 20.3 Å². The zero-order chi connectivity index (χ0) is 15.0. The Kier molecular flexibility index (Phi) is 8.39. The van der Waals surface area contributed by atoms with E-state index in [9.17, 15) is 9.59 Å². The molecule has 0 aromatic carbocycles. The van der Waals surface area contributed by atoms with Crippen LogP contribution in [0.1, 0.15) is 40.5 Å². The van der Waals surface area contributed by atoms with E-state index in [-0.39, 0.29) is 18.5 Å². The maximum atomic E-state index is 12.1. The summed E-state index contributed by atoms with van der Waals surface area (Å²) in [7, 11) is 1.80. The third kappa shape index (κ3) is 7.15. The van der Waals surface area contributed by atoms with Gasteiger partial charge in [0.2, 0.25) is 5.91 Å². The van der Waals surface area contributed by atoms with Crippen LogP contribution in [-0.2, 0) is 9.59 Å². The van der Waals surface area contributed by atoms with Gasteiger partial charge in [-0.25, -0.2) is 0 Å². The van der Waals surface area contributed by atoms with Crippen molar-refractivity contribution < 1.29 is 14.7 Å². The number of carboxylic acids is 1. The maximum Gasteiger partial charge on any atom is 0.307 e. The highest BCUT2D eigenvalue weighted by atomic mass is 16.4. The average Bonchev–Trinajstić information content (AvgIpc) is 2.34. The number of unbranched alkanes of at least 4 members (excludes halogenated alkanes) is 1. The zero-order valence-corrected chi connectivity index (χ0v) is 12.8. The summed E-state index contributed by atoms with van der Waals surface area (Å²) in [5.74, 6) is -1.23. The molecule has 0 fully saturated rings. The molecule has 19 heavy (non-hydrogen) atoms. The predicted octanol–water partition coefficient (Wildman–Crippen LogP) is 1.68. The predicted molar refractivity (Wildman–Crippen MR) is 76.1 cm³/mol. The fraction of sp³-hybridized carbons (Fsp3) is 0.857. The smallest absolute Gasteiger partial charge is 0.307 e. The first-order chi connectivity index (χ1) is 8.79. The minimum Gasteiger partial charge on any atom is -0.481 e. The summed E-state index contributed by atoms with van der Waals surface area (Å²) in [4.78, 5) is 26.6. The van der Waals surface area contributed by atoms with Crippen LogP contribution in [0.3, 0.4) is 0 Å².